The fraction of sp³-hybridized carbons (Fsp3) is 0.875. The van der Waals surface area contributed by atoms with E-state index >= 15 is 0 Å². The van der Waals surface area contributed by atoms with Gasteiger partial charge in [0.15, 0.2) is 0 Å². The molecular formula is C16H28O. The third kappa shape index (κ3) is 1.97. The molecule has 2 saturated carbocycles. The highest BCUT2D eigenvalue weighted by atomic mass is 16.3. The second-order valence-corrected chi connectivity index (χ2v) is 6.89. The molecule has 0 aromatic carbocycles. The van der Waals surface area contributed by atoms with E-state index < -0.39 is 0 Å². The molecule has 3 atom stereocenters. The van der Waals surface area contributed by atoms with Gasteiger partial charge in [-0.25, -0.2) is 0 Å². The van der Waals surface area contributed by atoms with Gasteiger partial charge >= 0.3 is 0 Å². The van der Waals surface area contributed by atoms with E-state index in [0.29, 0.717) is 10.8 Å². The number of unbranched alkanes of at least 4 members (excludes halogenated alkanes) is 1. The van der Waals surface area contributed by atoms with E-state index in [4.69, 9.17) is 0 Å². The lowest BCUT2D eigenvalue weighted by Crippen LogP contribution is -2.28. The van der Waals surface area contributed by atoms with Crippen molar-refractivity contribution in [2.75, 3.05) is 0 Å². The summed E-state index contributed by atoms with van der Waals surface area (Å²) in [5, 5.41) is 10.1. The number of allylic oxidation sites excluding steroid dienone is 1. The fourth-order valence-corrected chi connectivity index (χ4v) is 4.00. The van der Waals surface area contributed by atoms with Crippen molar-refractivity contribution < 1.29 is 5.11 Å². The molecule has 2 aliphatic rings. The first kappa shape index (κ1) is 13.1. The van der Waals surface area contributed by atoms with Crippen molar-refractivity contribution in [1.29, 1.82) is 0 Å². The van der Waals surface area contributed by atoms with Gasteiger partial charge in [-0.05, 0) is 42.4 Å². The van der Waals surface area contributed by atoms with Gasteiger partial charge in [-0.15, -0.1) is 0 Å². The van der Waals surface area contributed by atoms with Gasteiger partial charge in [0.2, 0.25) is 0 Å². The second-order valence-electron chi connectivity index (χ2n) is 6.89. The van der Waals surface area contributed by atoms with Crippen molar-refractivity contribution in [3.8, 4) is 0 Å². The summed E-state index contributed by atoms with van der Waals surface area (Å²) >= 11 is 0. The van der Waals surface area contributed by atoms with E-state index in [2.05, 4.69) is 33.8 Å². The highest BCUT2D eigenvalue weighted by Gasteiger charge is 2.58. The maximum absolute atomic E-state index is 10.1. The Labute approximate surface area is 106 Å². The highest BCUT2D eigenvalue weighted by molar-refractivity contribution is 5.30. The summed E-state index contributed by atoms with van der Waals surface area (Å²) in [6.45, 7) is 9.44. The molecule has 0 radical (unpaired) electrons. The van der Waals surface area contributed by atoms with Gasteiger partial charge in [-0.1, -0.05) is 52.2 Å². The van der Waals surface area contributed by atoms with Gasteiger partial charge in [-0.3, -0.25) is 0 Å². The molecule has 0 spiro atoms. The first-order chi connectivity index (χ1) is 7.91. The van der Waals surface area contributed by atoms with E-state index in [1.807, 2.05) is 0 Å². The van der Waals surface area contributed by atoms with Crippen LogP contribution < -0.4 is 0 Å². The largest absolute Gasteiger partial charge is 0.389 e. The Morgan fingerprint density at radius 1 is 1.41 bits per heavy atom. The summed E-state index contributed by atoms with van der Waals surface area (Å²) in [6.07, 6.45) is 9.14. The van der Waals surface area contributed by atoms with Crippen LogP contribution in [-0.4, -0.2) is 11.2 Å². The second kappa shape index (κ2) is 4.42. The Morgan fingerprint density at radius 3 is 2.59 bits per heavy atom. The molecular weight excluding hydrogens is 208 g/mol. The Balaban J connectivity index is 2.12. The molecule has 2 rings (SSSR count). The van der Waals surface area contributed by atoms with Crippen LogP contribution in [0.1, 0.15) is 66.2 Å². The Hall–Kier alpha value is -0.300. The van der Waals surface area contributed by atoms with Crippen LogP contribution in [0.4, 0.5) is 0 Å². The Morgan fingerprint density at radius 2 is 2.12 bits per heavy atom. The zero-order valence-corrected chi connectivity index (χ0v) is 11.9. The fourth-order valence-electron chi connectivity index (χ4n) is 4.00. The molecule has 98 valence electrons. The number of fused-ring (bicyclic) bond motifs is 2. The van der Waals surface area contributed by atoms with E-state index in [1.165, 1.54) is 25.7 Å². The van der Waals surface area contributed by atoms with Gasteiger partial charge in [0, 0.05) is 0 Å². The normalized spacial score (nSPS) is 38.9. The van der Waals surface area contributed by atoms with E-state index in [0.717, 1.165) is 18.8 Å². The molecule has 1 nitrogen and oxygen atoms in total. The van der Waals surface area contributed by atoms with E-state index in [1.54, 1.807) is 5.57 Å². The summed E-state index contributed by atoms with van der Waals surface area (Å²) in [6, 6.07) is 0. The molecule has 0 unspecified atom stereocenters. The van der Waals surface area contributed by atoms with Crippen molar-refractivity contribution in [2.45, 2.75) is 72.3 Å². The molecule has 1 N–H and O–H groups in total. The molecule has 17 heavy (non-hydrogen) atoms. The van der Waals surface area contributed by atoms with E-state index in [-0.39, 0.29) is 6.10 Å². The third-order valence-corrected chi connectivity index (χ3v) is 5.86. The lowest BCUT2D eigenvalue weighted by atomic mass is 9.69. The zero-order chi connectivity index (χ0) is 12.7. The first-order valence-electron chi connectivity index (χ1n) is 7.31. The van der Waals surface area contributed by atoms with Crippen LogP contribution in [0.5, 0.6) is 0 Å². The lowest BCUT2D eigenvalue weighted by Gasteiger charge is -2.36. The average Bonchev–Trinajstić information content (AvgIpc) is 2.59. The number of rotatable bonds is 4. The Kier molecular flexibility index (Phi) is 3.42. The minimum Gasteiger partial charge on any atom is -0.389 e. The molecule has 0 saturated heterocycles. The first-order valence-corrected chi connectivity index (χ1v) is 7.31. The number of hydrogen-bond donors (Lipinski definition) is 1. The van der Waals surface area contributed by atoms with Gasteiger partial charge in [-0.2, -0.15) is 0 Å². The highest BCUT2D eigenvalue weighted by Crippen LogP contribution is 2.67. The standard InChI is InChI=1S/C16H28O/c1-5-6-7-14(17)11-13-10-12-8-9-16(13,4)15(12,2)3/h11-12,14,17H,5-10H2,1-4H3/b13-11+/t12-,14+,16+/m1/s1. The number of aliphatic hydroxyl groups is 1. The minimum absolute atomic E-state index is 0.211. The van der Waals surface area contributed by atoms with Gasteiger partial charge in [0.25, 0.3) is 0 Å². The van der Waals surface area contributed by atoms with Crippen LogP contribution in [0.3, 0.4) is 0 Å². The molecule has 2 bridgehead atoms. The van der Waals surface area contributed by atoms with Gasteiger partial charge in [0.1, 0.15) is 0 Å². The average molecular weight is 236 g/mol. The lowest BCUT2D eigenvalue weighted by molar-refractivity contribution is 0.173. The smallest absolute Gasteiger partial charge is 0.0723 e. The van der Waals surface area contributed by atoms with Crippen LogP contribution in [0.25, 0.3) is 0 Å². The van der Waals surface area contributed by atoms with Gasteiger partial charge in [0.05, 0.1) is 6.10 Å². The quantitative estimate of drug-likeness (QED) is 0.721. The summed E-state index contributed by atoms with van der Waals surface area (Å²) in [4.78, 5) is 0. The molecule has 0 aromatic rings. The van der Waals surface area contributed by atoms with Crippen molar-refractivity contribution in [1.82, 2.24) is 0 Å². The zero-order valence-electron chi connectivity index (χ0n) is 11.9. The van der Waals surface area contributed by atoms with E-state index in [9.17, 15) is 5.11 Å². The SMILES string of the molecule is CCCC[C@H](O)/C=C1\C[C@H]2CC[C@]1(C)C2(C)C. The third-order valence-electron chi connectivity index (χ3n) is 5.86. The molecule has 0 amide bonds. The maximum atomic E-state index is 10.1. The molecule has 0 heterocycles. The summed E-state index contributed by atoms with van der Waals surface area (Å²) in [7, 11) is 0. The predicted octanol–water partition coefficient (Wildman–Crippen LogP) is 4.31. The summed E-state index contributed by atoms with van der Waals surface area (Å²) in [5.41, 5.74) is 2.33. The van der Waals surface area contributed by atoms with Crippen molar-refractivity contribution in [2.24, 2.45) is 16.7 Å². The van der Waals surface area contributed by atoms with Crippen LogP contribution in [-0.2, 0) is 0 Å². The van der Waals surface area contributed by atoms with Crippen LogP contribution in [0, 0.1) is 16.7 Å². The molecule has 0 aromatic heterocycles. The van der Waals surface area contributed by atoms with Crippen molar-refractivity contribution in [3.63, 3.8) is 0 Å². The van der Waals surface area contributed by atoms with Crippen LogP contribution in [0.15, 0.2) is 11.6 Å². The molecule has 0 aliphatic heterocycles. The van der Waals surface area contributed by atoms with Gasteiger partial charge < -0.3 is 5.11 Å². The predicted molar refractivity (Wildman–Crippen MR) is 72.8 cm³/mol. The molecule has 2 aliphatic carbocycles. The van der Waals surface area contributed by atoms with Crippen molar-refractivity contribution >= 4 is 0 Å². The topological polar surface area (TPSA) is 20.2 Å². The minimum atomic E-state index is -0.211. The van der Waals surface area contributed by atoms with Crippen LogP contribution >= 0.6 is 0 Å². The Bertz CT molecular complexity index is 315. The van der Waals surface area contributed by atoms with Crippen molar-refractivity contribution in [3.05, 3.63) is 11.6 Å². The van der Waals surface area contributed by atoms with Crippen LogP contribution in [0.2, 0.25) is 0 Å². The number of aliphatic hydroxyl groups excluding tert-OH is 1. The number of hydrogen-bond acceptors (Lipinski definition) is 1. The molecule has 1 heteroatoms. The maximum Gasteiger partial charge on any atom is 0.0723 e. The molecule has 2 fully saturated rings. The summed E-state index contributed by atoms with van der Waals surface area (Å²) < 4.78 is 0. The summed E-state index contributed by atoms with van der Waals surface area (Å²) in [5.74, 6) is 0.845. The monoisotopic (exact) mass is 236 g/mol.